The van der Waals surface area contributed by atoms with Gasteiger partial charge in [0, 0.05) is 25.7 Å². The van der Waals surface area contributed by atoms with Gasteiger partial charge in [0.05, 0.1) is 105 Å². The van der Waals surface area contributed by atoms with Gasteiger partial charge in [-0.1, -0.05) is 309 Å². The van der Waals surface area contributed by atoms with Crippen molar-refractivity contribution in [3.05, 3.63) is 212 Å². The Kier molecular flexibility index (Phi) is 25.1. The summed E-state index contributed by atoms with van der Waals surface area (Å²) in [7, 11) is 0. The maximum absolute atomic E-state index is 13.1. The average Bonchev–Trinajstić information content (AvgIpc) is 0.764. The Balaban J connectivity index is 0.991. The number of rotatable bonds is 0. The standard InChI is InChI=1S/C100H116O8S8/c1-93(2,3)61-41-69-85(101)70(42-61)110-78-50-66(98(16,17)18)52-80-90(78)106-38-34-58-27-31-60(32-28-58)36-40-108-92-82-54-68(100(22,23)24)56-84(92)116-76-48-64(96(10,11)12)47-75(88(76)104)115-83-55-67(99(19,20)21)53-81(113-73-45-63(95(7,8)9)46-74(114-82)87(73)103)91(83)107-39-35-59-29-25-57(26-30-59)33-37-105-89-77(109-69)49-65(97(13,14)15)51-79(89)111-71-43-62(94(4,5)6)44-72(112-80)86(71)102/h25-32,41-56,101-104H,33-40H2,1-24H3. The van der Waals surface area contributed by atoms with Crippen LogP contribution < -0.4 is 18.9 Å². The molecule has 0 atom stereocenters. The Morgan fingerprint density at radius 3 is 0.414 bits per heavy atom. The topological polar surface area (TPSA) is 118 Å². The highest BCUT2D eigenvalue weighted by Crippen LogP contribution is 2.60. The van der Waals surface area contributed by atoms with Gasteiger partial charge >= 0.3 is 0 Å². The first-order valence-corrected chi connectivity index (χ1v) is 47.0. The first-order valence-electron chi connectivity index (χ1n) is 40.4. The molecule has 0 fully saturated rings. The van der Waals surface area contributed by atoms with Gasteiger partial charge in [-0.25, -0.2) is 0 Å². The van der Waals surface area contributed by atoms with E-state index in [4.69, 9.17) is 18.9 Å². The van der Waals surface area contributed by atoms with Crippen LogP contribution in [-0.4, -0.2) is 46.9 Å². The molecular formula is C100H116O8S8. The first kappa shape index (κ1) is 87.2. The number of ether oxygens (including phenoxy) is 4. The Hall–Kier alpha value is -6.60. The van der Waals surface area contributed by atoms with Crippen LogP contribution in [0.4, 0.5) is 0 Å². The number of hydrogen-bond donors (Lipinski definition) is 4. The largest absolute Gasteiger partial charge is 0.506 e. The van der Waals surface area contributed by atoms with Gasteiger partial charge in [-0.15, -0.1) is 0 Å². The summed E-state index contributed by atoms with van der Waals surface area (Å²) in [6.45, 7) is 54.9. The van der Waals surface area contributed by atoms with Gasteiger partial charge in [-0.2, -0.15) is 0 Å². The highest BCUT2D eigenvalue weighted by molar-refractivity contribution is 8.02. The molecule has 20 rings (SSSR count). The molecule has 10 aromatic carbocycles. The fraction of sp³-hybridized carbons (Fsp3) is 0.400. The number of benzene rings is 10. The minimum Gasteiger partial charge on any atom is -0.506 e. The molecule has 0 saturated carbocycles. The van der Waals surface area contributed by atoms with E-state index < -0.39 is 0 Å². The zero-order valence-corrected chi connectivity index (χ0v) is 78.7. The van der Waals surface area contributed by atoms with Crippen LogP contribution in [0.3, 0.4) is 0 Å². The van der Waals surface area contributed by atoms with E-state index in [9.17, 15) is 20.4 Å². The van der Waals surface area contributed by atoms with Crippen LogP contribution in [0.15, 0.2) is 224 Å². The molecule has 10 aliphatic heterocycles. The summed E-state index contributed by atoms with van der Waals surface area (Å²) in [4.78, 5) is 12.6. The highest BCUT2D eigenvalue weighted by atomic mass is 32.2. The molecule has 4 N–H and O–H groups in total. The van der Waals surface area contributed by atoms with Gasteiger partial charge in [0.25, 0.3) is 0 Å². The third kappa shape index (κ3) is 20.2. The van der Waals surface area contributed by atoms with E-state index in [1.165, 1.54) is 94.1 Å². The van der Waals surface area contributed by atoms with Crippen molar-refractivity contribution in [1.82, 2.24) is 0 Å². The van der Waals surface area contributed by atoms with Crippen molar-refractivity contribution in [2.24, 2.45) is 0 Å². The summed E-state index contributed by atoms with van der Waals surface area (Å²) >= 11 is 12.2. The quantitative estimate of drug-likeness (QED) is 0.115. The second-order valence-corrected chi connectivity index (χ2v) is 48.0. The lowest BCUT2D eigenvalue weighted by Crippen LogP contribution is -2.13. The highest BCUT2D eigenvalue weighted by Gasteiger charge is 2.34. The van der Waals surface area contributed by atoms with Crippen molar-refractivity contribution in [3.63, 3.8) is 0 Å². The predicted octanol–water partition coefficient (Wildman–Crippen LogP) is 29.5. The summed E-state index contributed by atoms with van der Waals surface area (Å²) in [6, 6.07) is 52.7. The zero-order chi connectivity index (χ0) is 83.9. The maximum atomic E-state index is 13.1. The van der Waals surface area contributed by atoms with Crippen LogP contribution in [0.2, 0.25) is 0 Å². The van der Waals surface area contributed by atoms with Crippen molar-refractivity contribution >= 4 is 94.1 Å². The third-order valence-electron chi connectivity index (χ3n) is 21.5. The minimum atomic E-state index is -0.297. The summed E-state index contributed by atoms with van der Waals surface area (Å²) in [6.07, 6.45) is 2.39. The average molecular weight is 1700 g/mol. The molecule has 0 amide bonds. The number of hydrogen-bond acceptors (Lipinski definition) is 16. The van der Waals surface area contributed by atoms with Crippen molar-refractivity contribution < 1.29 is 39.4 Å². The number of aromatic hydroxyl groups is 4. The zero-order valence-electron chi connectivity index (χ0n) is 72.2. The van der Waals surface area contributed by atoms with Crippen molar-refractivity contribution in [2.75, 3.05) is 26.4 Å². The van der Waals surface area contributed by atoms with Crippen molar-refractivity contribution in [2.45, 2.75) is 314 Å². The summed E-state index contributed by atoms with van der Waals surface area (Å²) < 4.78 is 29.2. The molecule has 116 heavy (non-hydrogen) atoms. The molecule has 0 aliphatic carbocycles. The lowest BCUT2D eigenvalue weighted by atomic mass is 9.87. The second-order valence-electron chi connectivity index (χ2n) is 39.3. The Bertz CT molecular complexity index is 4510. The summed E-state index contributed by atoms with van der Waals surface area (Å²) in [5.41, 5.74) is 10.8. The Labute approximate surface area is 725 Å². The molecule has 24 bridgehead atoms. The molecule has 10 aromatic rings. The molecule has 0 radical (unpaired) electrons. The molecular weight excluding hydrogens is 1590 g/mol. The van der Waals surface area contributed by atoms with E-state index in [0.717, 1.165) is 106 Å². The van der Waals surface area contributed by atoms with Gasteiger partial charge in [0.1, 0.15) is 46.0 Å². The smallest absolute Gasteiger partial charge is 0.147 e. The molecule has 16 heteroatoms. The van der Waals surface area contributed by atoms with Crippen LogP contribution in [0.5, 0.6) is 46.0 Å². The number of phenols is 4. The van der Waals surface area contributed by atoms with Gasteiger partial charge < -0.3 is 39.4 Å². The van der Waals surface area contributed by atoms with Crippen LogP contribution >= 0.6 is 94.1 Å². The fourth-order valence-corrected chi connectivity index (χ4v) is 22.8. The van der Waals surface area contributed by atoms with Gasteiger partial charge in [0.15, 0.2) is 0 Å². The van der Waals surface area contributed by atoms with E-state index in [1.54, 1.807) is 0 Å². The fourth-order valence-electron chi connectivity index (χ4n) is 13.7. The van der Waals surface area contributed by atoms with E-state index >= 15 is 0 Å². The molecule has 10 aliphatic rings. The van der Waals surface area contributed by atoms with Crippen LogP contribution in [0.25, 0.3) is 0 Å². The van der Waals surface area contributed by atoms with Crippen molar-refractivity contribution in [1.29, 1.82) is 0 Å². The Morgan fingerprint density at radius 2 is 0.302 bits per heavy atom. The van der Waals surface area contributed by atoms with Gasteiger partial charge in [-0.3, -0.25) is 0 Å². The van der Waals surface area contributed by atoms with E-state index in [0.29, 0.717) is 114 Å². The molecule has 0 saturated heterocycles. The molecule has 0 spiro atoms. The number of fused-ring (bicyclic) bond motifs is 2. The van der Waals surface area contributed by atoms with E-state index in [-0.39, 0.29) is 66.3 Å². The minimum absolute atomic E-state index is 0.184. The first-order chi connectivity index (χ1) is 54.1. The monoisotopic (exact) mass is 1700 g/mol. The molecule has 10 heterocycles. The molecule has 8 nitrogen and oxygen atoms in total. The van der Waals surface area contributed by atoms with Crippen LogP contribution in [0.1, 0.15) is 233 Å². The van der Waals surface area contributed by atoms with Gasteiger partial charge in [-0.05, 0) is 207 Å². The second kappa shape index (κ2) is 33.4. The SMILES string of the molecule is CC(C)(C)c1cc2c(O)c(c1)Sc1cc(C(C)(C)C)cc3c1OCCc1ccc(cc1)CCOc1c4cc(C(C)(C)C)cc1Sc1cc(C(C)(C)C)cc(c1O)Sc1cc(C(C)(C)C)cc(c1OCCc1ccc(cc1)CCOc1c(cc(C(C)(C)C)cc1Sc1cc(C(C)(C)C)cc(c1O)S3)S2)Sc1cc(C(C)(C)C)cc(c1O)S4. The van der Waals surface area contributed by atoms with Crippen LogP contribution in [0, 0.1) is 0 Å². The number of phenolic OH excluding ortho intramolecular Hbond substituents is 4. The van der Waals surface area contributed by atoms with Crippen molar-refractivity contribution in [3.8, 4) is 46.0 Å². The molecule has 0 aromatic heterocycles. The third-order valence-corrected chi connectivity index (χ3v) is 30.0. The molecule has 0 unspecified atom stereocenters. The van der Waals surface area contributed by atoms with E-state index in [2.05, 4.69) is 312 Å². The van der Waals surface area contributed by atoms with Crippen LogP contribution in [-0.2, 0) is 69.0 Å². The molecule has 612 valence electrons. The normalized spacial score (nSPS) is 15.1. The lowest BCUT2D eigenvalue weighted by Gasteiger charge is -2.27. The maximum Gasteiger partial charge on any atom is 0.147 e. The predicted molar refractivity (Wildman–Crippen MR) is 490 cm³/mol. The lowest BCUT2D eigenvalue weighted by molar-refractivity contribution is 0.305. The summed E-state index contributed by atoms with van der Waals surface area (Å²) in [5.74, 6) is 3.47. The van der Waals surface area contributed by atoms with Gasteiger partial charge in [0.2, 0.25) is 0 Å². The van der Waals surface area contributed by atoms with E-state index in [1.807, 2.05) is 0 Å². The Morgan fingerprint density at radius 1 is 0.190 bits per heavy atom. The summed E-state index contributed by atoms with van der Waals surface area (Å²) in [5, 5.41) is 52.5.